The number of methoxy groups -OCH3 is 1. The molecule has 1 atom stereocenters. The van der Waals surface area contributed by atoms with E-state index in [1.54, 1.807) is 57.4 Å². The molecule has 1 N–H and O–H groups in total. The number of ether oxygens (including phenoxy) is 2. The quantitative estimate of drug-likeness (QED) is 0.440. The fourth-order valence-electron chi connectivity index (χ4n) is 2.17. The summed E-state index contributed by atoms with van der Waals surface area (Å²) in [6.45, 7) is 6.73. The Morgan fingerprint density at radius 3 is 2.15 bits per heavy atom. The Balaban J connectivity index is 2.77. The van der Waals surface area contributed by atoms with E-state index in [4.69, 9.17) is 9.47 Å². The zero-order valence-corrected chi connectivity index (χ0v) is 16.0. The number of halogens is 3. The van der Waals surface area contributed by atoms with Gasteiger partial charge < -0.3 is 9.47 Å². The monoisotopic (exact) mass is 390 g/mol. The van der Waals surface area contributed by atoms with Crippen LogP contribution in [-0.2, 0) is 20.7 Å². The molecule has 6 nitrogen and oxygen atoms in total. The van der Waals surface area contributed by atoms with Gasteiger partial charge in [-0.25, -0.2) is 4.79 Å². The van der Waals surface area contributed by atoms with Crippen molar-refractivity contribution in [3.63, 3.8) is 0 Å². The highest BCUT2D eigenvalue weighted by Crippen LogP contribution is 2.17. The van der Waals surface area contributed by atoms with Gasteiger partial charge in [-0.1, -0.05) is 12.1 Å². The van der Waals surface area contributed by atoms with Crippen LogP contribution in [0.15, 0.2) is 24.3 Å². The molecule has 1 aromatic rings. The molecule has 0 aliphatic rings. The van der Waals surface area contributed by atoms with Crippen LogP contribution in [0.2, 0.25) is 0 Å². The van der Waals surface area contributed by atoms with Crippen LogP contribution in [-0.4, -0.2) is 48.5 Å². The number of carbonyl (C=O) groups excluding carboxylic acids is 2. The molecule has 152 valence electrons. The average molecular weight is 390 g/mol. The molecule has 9 heteroatoms. The highest BCUT2D eigenvalue weighted by atomic mass is 19.4. The van der Waals surface area contributed by atoms with Gasteiger partial charge in [0, 0.05) is 13.2 Å². The number of benzene rings is 1. The molecular formula is C18H25F3N2O4. The molecule has 0 aromatic heterocycles. The molecule has 1 aromatic carbocycles. The minimum Gasteiger partial charge on any atom is -0.456 e. The fourth-order valence-corrected chi connectivity index (χ4v) is 2.17. The largest absolute Gasteiger partial charge is 0.472 e. The lowest BCUT2D eigenvalue weighted by molar-refractivity contribution is -0.182. The van der Waals surface area contributed by atoms with Crippen molar-refractivity contribution in [1.29, 1.82) is 0 Å². The van der Waals surface area contributed by atoms with E-state index in [1.807, 2.05) is 0 Å². The van der Waals surface area contributed by atoms with E-state index in [0.29, 0.717) is 12.0 Å². The summed E-state index contributed by atoms with van der Waals surface area (Å²) >= 11 is 0. The molecular weight excluding hydrogens is 365 g/mol. The van der Waals surface area contributed by atoms with Crippen LogP contribution in [0.3, 0.4) is 0 Å². The number of esters is 1. The Labute approximate surface area is 156 Å². The topological polar surface area (TPSA) is 67.9 Å². The van der Waals surface area contributed by atoms with Gasteiger partial charge in [-0.2, -0.15) is 18.2 Å². The lowest BCUT2D eigenvalue weighted by Gasteiger charge is -2.29. The summed E-state index contributed by atoms with van der Waals surface area (Å²) < 4.78 is 47.5. The summed E-state index contributed by atoms with van der Waals surface area (Å²) in [5, 5.41) is 1.07. The van der Waals surface area contributed by atoms with Crippen LogP contribution >= 0.6 is 0 Å². The van der Waals surface area contributed by atoms with Crippen LogP contribution in [0, 0.1) is 0 Å². The minimum atomic E-state index is -4.99. The van der Waals surface area contributed by atoms with Gasteiger partial charge >= 0.3 is 18.1 Å². The zero-order chi connectivity index (χ0) is 20.8. The molecule has 0 spiro atoms. The second kappa shape index (κ2) is 9.18. The molecule has 0 radical (unpaired) electrons. The maximum absolute atomic E-state index is 12.5. The Kier molecular flexibility index (Phi) is 7.79. The number of nitrogens with zero attached hydrogens (tertiary/aromatic N) is 1. The van der Waals surface area contributed by atoms with Gasteiger partial charge in [-0.3, -0.25) is 10.2 Å². The van der Waals surface area contributed by atoms with Gasteiger partial charge in [-0.15, -0.1) is 0 Å². The van der Waals surface area contributed by atoms with Crippen LogP contribution in [0.4, 0.5) is 13.2 Å². The second-order valence-corrected chi connectivity index (χ2v) is 7.08. The highest BCUT2D eigenvalue weighted by Gasteiger charge is 2.40. The van der Waals surface area contributed by atoms with Crippen LogP contribution in [0.1, 0.15) is 43.6 Å². The number of carbonyl (C=O) groups is 2. The van der Waals surface area contributed by atoms with E-state index >= 15 is 0 Å². The van der Waals surface area contributed by atoms with E-state index in [1.165, 1.54) is 7.11 Å². The molecule has 0 heterocycles. The van der Waals surface area contributed by atoms with Gasteiger partial charge in [0.15, 0.2) is 0 Å². The first-order valence-electron chi connectivity index (χ1n) is 8.29. The van der Waals surface area contributed by atoms with E-state index in [0.717, 1.165) is 10.6 Å². The van der Waals surface area contributed by atoms with Crippen molar-refractivity contribution < 1.29 is 32.2 Å². The predicted octanol–water partition coefficient (Wildman–Crippen LogP) is 3.07. The molecule has 1 amide bonds. The van der Waals surface area contributed by atoms with Crippen molar-refractivity contribution >= 4 is 11.9 Å². The number of amides is 1. The van der Waals surface area contributed by atoms with Gasteiger partial charge in [-0.05, 0) is 51.8 Å². The first-order valence-corrected chi connectivity index (χ1v) is 8.29. The Morgan fingerprint density at radius 1 is 1.15 bits per heavy atom. The maximum atomic E-state index is 12.5. The molecule has 1 rings (SSSR count). The van der Waals surface area contributed by atoms with Gasteiger partial charge in [0.25, 0.3) is 0 Å². The Hall–Kier alpha value is -2.13. The lowest BCUT2D eigenvalue weighted by Crippen LogP contribution is -2.53. The third kappa shape index (κ3) is 7.96. The molecule has 0 aliphatic carbocycles. The SMILES string of the molecule is COCN(NC(=O)C(F)(F)F)C(C)Cc1ccc(C(=O)OC(C)(C)C)cc1. The molecule has 0 fully saturated rings. The number of hydrogen-bond donors (Lipinski definition) is 1. The first kappa shape index (κ1) is 22.9. The third-order valence-electron chi connectivity index (χ3n) is 3.42. The van der Waals surface area contributed by atoms with Crippen molar-refractivity contribution in [2.75, 3.05) is 13.8 Å². The normalized spacial score (nSPS) is 13.4. The van der Waals surface area contributed by atoms with Gasteiger partial charge in [0.2, 0.25) is 0 Å². The number of rotatable bonds is 7. The number of alkyl halides is 3. The molecule has 0 saturated carbocycles. The molecule has 0 bridgehead atoms. The van der Waals surface area contributed by atoms with Crippen molar-refractivity contribution in [3.05, 3.63) is 35.4 Å². The summed E-state index contributed by atoms with van der Waals surface area (Å²) in [6, 6.07) is 6.07. The van der Waals surface area contributed by atoms with Gasteiger partial charge in [0.05, 0.1) is 5.56 Å². The Morgan fingerprint density at radius 2 is 1.70 bits per heavy atom. The average Bonchev–Trinajstić information content (AvgIpc) is 2.52. The fraction of sp³-hybridized carbons (Fsp3) is 0.556. The summed E-state index contributed by atoms with van der Waals surface area (Å²) in [4.78, 5) is 23.2. The molecule has 0 aliphatic heterocycles. The van der Waals surface area contributed by atoms with Crippen LogP contribution in [0.25, 0.3) is 0 Å². The molecule has 27 heavy (non-hydrogen) atoms. The second-order valence-electron chi connectivity index (χ2n) is 7.08. The standard InChI is InChI=1S/C18H25F3N2O4/c1-12(23(11-26-5)22-16(25)18(19,20)21)10-13-6-8-14(9-7-13)15(24)27-17(2,3)4/h6-9,12H,10-11H2,1-5H3,(H,22,25). The molecule has 0 saturated heterocycles. The predicted molar refractivity (Wildman–Crippen MR) is 92.7 cm³/mol. The van der Waals surface area contributed by atoms with Crippen molar-refractivity contribution in [1.82, 2.24) is 10.4 Å². The van der Waals surface area contributed by atoms with E-state index < -0.39 is 29.7 Å². The van der Waals surface area contributed by atoms with Crippen LogP contribution in [0.5, 0.6) is 0 Å². The number of hydrogen-bond acceptors (Lipinski definition) is 5. The van der Waals surface area contributed by atoms with Crippen LogP contribution < -0.4 is 5.43 Å². The minimum absolute atomic E-state index is 0.209. The summed E-state index contributed by atoms with van der Waals surface area (Å²) in [7, 11) is 1.31. The van der Waals surface area contributed by atoms with Gasteiger partial charge in [0.1, 0.15) is 12.3 Å². The van der Waals surface area contributed by atoms with Crippen molar-refractivity contribution in [2.45, 2.75) is 51.9 Å². The summed E-state index contributed by atoms with van der Waals surface area (Å²) in [5.74, 6) is -2.52. The smallest absolute Gasteiger partial charge is 0.456 e. The van der Waals surface area contributed by atoms with E-state index in [-0.39, 0.29) is 6.73 Å². The maximum Gasteiger partial charge on any atom is 0.472 e. The number of hydrazine groups is 1. The first-order chi connectivity index (χ1) is 12.3. The third-order valence-corrected chi connectivity index (χ3v) is 3.42. The zero-order valence-electron chi connectivity index (χ0n) is 16.0. The summed E-state index contributed by atoms with van der Waals surface area (Å²) in [5.41, 5.74) is 2.34. The number of nitrogens with one attached hydrogen (secondary N) is 1. The lowest BCUT2D eigenvalue weighted by atomic mass is 10.0. The van der Waals surface area contributed by atoms with E-state index in [9.17, 15) is 22.8 Å². The van der Waals surface area contributed by atoms with Crippen molar-refractivity contribution in [2.24, 2.45) is 0 Å². The van der Waals surface area contributed by atoms with Crippen molar-refractivity contribution in [3.8, 4) is 0 Å². The summed E-state index contributed by atoms with van der Waals surface area (Å²) in [6.07, 6.45) is -4.66. The Bertz CT molecular complexity index is 639. The highest BCUT2D eigenvalue weighted by molar-refractivity contribution is 5.89. The molecule has 1 unspecified atom stereocenters. The van der Waals surface area contributed by atoms with E-state index in [2.05, 4.69) is 0 Å².